The van der Waals surface area contributed by atoms with Crippen molar-refractivity contribution in [3.8, 4) is 5.82 Å². The van der Waals surface area contributed by atoms with Crippen molar-refractivity contribution in [2.75, 3.05) is 0 Å². The highest BCUT2D eigenvalue weighted by Gasteiger charge is 2.30. The molecule has 3 nitrogen and oxygen atoms in total. The van der Waals surface area contributed by atoms with Crippen LogP contribution in [0.1, 0.15) is 5.56 Å². The first kappa shape index (κ1) is 9.70. The Morgan fingerprint density at radius 2 is 2.07 bits per heavy atom. The van der Waals surface area contributed by atoms with Gasteiger partial charge in [0.15, 0.2) is 0 Å². The van der Waals surface area contributed by atoms with Crippen molar-refractivity contribution in [1.82, 2.24) is 14.5 Å². The number of imidazole rings is 1. The van der Waals surface area contributed by atoms with Crippen LogP contribution in [0.2, 0.25) is 0 Å². The maximum Gasteiger partial charge on any atom is 0.417 e. The van der Waals surface area contributed by atoms with E-state index in [4.69, 9.17) is 0 Å². The first-order valence-corrected chi connectivity index (χ1v) is 4.01. The smallest absolute Gasteiger partial charge is 0.290 e. The molecular formula is C9H5F3N3. The van der Waals surface area contributed by atoms with E-state index < -0.39 is 11.7 Å². The van der Waals surface area contributed by atoms with Crippen molar-refractivity contribution in [1.29, 1.82) is 0 Å². The van der Waals surface area contributed by atoms with Gasteiger partial charge in [-0.05, 0) is 12.1 Å². The Morgan fingerprint density at radius 3 is 2.53 bits per heavy atom. The molecule has 0 aliphatic rings. The molecule has 77 valence electrons. The molecule has 0 aliphatic carbocycles. The van der Waals surface area contributed by atoms with E-state index >= 15 is 0 Å². The van der Waals surface area contributed by atoms with Crippen LogP contribution in [0, 0.1) is 6.20 Å². The summed E-state index contributed by atoms with van der Waals surface area (Å²) in [5.41, 5.74) is -0.768. The fraction of sp³-hybridized carbons (Fsp3) is 0.111. The number of hydrogen-bond donors (Lipinski definition) is 0. The normalized spacial score (nSPS) is 11.7. The molecule has 15 heavy (non-hydrogen) atoms. The van der Waals surface area contributed by atoms with Crippen LogP contribution in [-0.4, -0.2) is 14.5 Å². The largest absolute Gasteiger partial charge is 0.417 e. The Bertz CT molecular complexity index is 431. The summed E-state index contributed by atoms with van der Waals surface area (Å²) in [5, 5.41) is 0. The second-order valence-electron chi connectivity index (χ2n) is 2.81. The van der Waals surface area contributed by atoms with E-state index in [0.717, 1.165) is 12.3 Å². The summed E-state index contributed by atoms with van der Waals surface area (Å²) < 4.78 is 38.1. The zero-order valence-corrected chi connectivity index (χ0v) is 7.36. The molecule has 0 amide bonds. The molecule has 0 saturated carbocycles. The minimum Gasteiger partial charge on any atom is -0.290 e. The van der Waals surface area contributed by atoms with E-state index in [-0.39, 0.29) is 0 Å². The van der Waals surface area contributed by atoms with Gasteiger partial charge in [-0.1, -0.05) is 0 Å². The molecule has 0 saturated heterocycles. The number of aromatic nitrogens is 3. The monoisotopic (exact) mass is 212 g/mol. The van der Waals surface area contributed by atoms with Crippen LogP contribution < -0.4 is 0 Å². The van der Waals surface area contributed by atoms with Crippen LogP contribution >= 0.6 is 0 Å². The van der Waals surface area contributed by atoms with Gasteiger partial charge >= 0.3 is 6.18 Å². The molecular weight excluding hydrogens is 207 g/mol. The van der Waals surface area contributed by atoms with Gasteiger partial charge in [-0.15, -0.1) is 0 Å². The zero-order valence-electron chi connectivity index (χ0n) is 7.36. The summed E-state index contributed by atoms with van der Waals surface area (Å²) in [6, 6.07) is 2.25. The molecule has 0 fully saturated rings. The summed E-state index contributed by atoms with van der Waals surface area (Å²) in [7, 11) is 0. The van der Waals surface area contributed by atoms with Gasteiger partial charge in [0.25, 0.3) is 0 Å². The molecule has 0 aliphatic heterocycles. The van der Waals surface area contributed by atoms with Gasteiger partial charge in [0, 0.05) is 12.4 Å². The molecule has 0 unspecified atom stereocenters. The lowest BCUT2D eigenvalue weighted by molar-refractivity contribution is -0.137. The minimum atomic E-state index is -4.35. The summed E-state index contributed by atoms with van der Waals surface area (Å²) in [6.07, 6.45) is 1.85. The molecule has 0 N–H and O–H groups in total. The van der Waals surface area contributed by atoms with Crippen LogP contribution in [0.25, 0.3) is 5.82 Å². The van der Waals surface area contributed by atoms with E-state index in [9.17, 15) is 13.2 Å². The quantitative estimate of drug-likeness (QED) is 0.724. The molecule has 0 atom stereocenters. The third-order valence-corrected chi connectivity index (χ3v) is 1.79. The average Bonchev–Trinajstić information content (AvgIpc) is 2.69. The van der Waals surface area contributed by atoms with Gasteiger partial charge in [-0.3, -0.25) is 4.57 Å². The summed E-state index contributed by atoms with van der Waals surface area (Å²) in [5.74, 6) is 0.372. The van der Waals surface area contributed by atoms with E-state index in [2.05, 4.69) is 16.2 Å². The van der Waals surface area contributed by atoms with Crippen LogP contribution in [0.5, 0.6) is 0 Å². The Balaban J connectivity index is 2.33. The molecule has 6 heteroatoms. The highest BCUT2D eigenvalue weighted by Crippen LogP contribution is 2.28. The van der Waals surface area contributed by atoms with E-state index in [0.29, 0.717) is 5.82 Å². The van der Waals surface area contributed by atoms with Crippen molar-refractivity contribution in [2.24, 2.45) is 0 Å². The number of rotatable bonds is 1. The Labute approximate surface area is 83.2 Å². The average molecular weight is 212 g/mol. The molecule has 0 aromatic carbocycles. The molecule has 2 heterocycles. The number of halogens is 3. The van der Waals surface area contributed by atoms with Gasteiger partial charge in [0.05, 0.1) is 5.56 Å². The second-order valence-corrected chi connectivity index (χ2v) is 2.81. The predicted molar refractivity (Wildman–Crippen MR) is 45.2 cm³/mol. The maximum absolute atomic E-state index is 12.2. The predicted octanol–water partition coefficient (Wildman–Crippen LogP) is 2.09. The molecule has 2 aromatic rings. The molecule has 1 radical (unpaired) electrons. The van der Waals surface area contributed by atoms with Crippen LogP contribution in [0.3, 0.4) is 0 Å². The first-order valence-electron chi connectivity index (χ1n) is 4.01. The highest BCUT2D eigenvalue weighted by molar-refractivity contribution is 5.26. The van der Waals surface area contributed by atoms with Gasteiger partial charge in [-0.2, -0.15) is 13.2 Å². The second kappa shape index (κ2) is 3.38. The van der Waals surface area contributed by atoms with Gasteiger partial charge in [0.2, 0.25) is 0 Å². The fourth-order valence-corrected chi connectivity index (χ4v) is 1.06. The van der Waals surface area contributed by atoms with Crippen molar-refractivity contribution in [3.05, 3.63) is 42.6 Å². The third kappa shape index (κ3) is 1.98. The van der Waals surface area contributed by atoms with Gasteiger partial charge in [0.1, 0.15) is 18.3 Å². The summed E-state index contributed by atoms with van der Waals surface area (Å²) in [4.78, 5) is 7.32. The number of alkyl halides is 3. The standard InChI is InChI=1S/C9H5F3N3/c10-9(11,12)7-1-2-8(14-5-7)15-4-3-13-6-15/h1-2,4-6H. The summed E-state index contributed by atoms with van der Waals surface area (Å²) in [6.45, 7) is 0. The highest BCUT2D eigenvalue weighted by atomic mass is 19.4. The van der Waals surface area contributed by atoms with Crippen LogP contribution in [0.4, 0.5) is 13.2 Å². The van der Waals surface area contributed by atoms with Crippen LogP contribution in [-0.2, 0) is 6.18 Å². The van der Waals surface area contributed by atoms with Gasteiger partial charge < -0.3 is 0 Å². The number of hydrogen-bond acceptors (Lipinski definition) is 2. The Hall–Kier alpha value is -1.85. The molecule has 0 bridgehead atoms. The van der Waals surface area contributed by atoms with Crippen molar-refractivity contribution >= 4 is 0 Å². The van der Waals surface area contributed by atoms with Crippen molar-refractivity contribution < 1.29 is 13.2 Å². The zero-order chi connectivity index (χ0) is 10.9. The Morgan fingerprint density at radius 1 is 1.27 bits per heavy atom. The fourth-order valence-electron chi connectivity index (χ4n) is 1.06. The van der Waals surface area contributed by atoms with E-state index in [1.165, 1.54) is 23.2 Å². The third-order valence-electron chi connectivity index (χ3n) is 1.79. The van der Waals surface area contributed by atoms with E-state index in [1.807, 2.05) is 0 Å². The lowest BCUT2D eigenvalue weighted by Crippen LogP contribution is -2.06. The lowest BCUT2D eigenvalue weighted by atomic mass is 10.3. The Kier molecular flexibility index (Phi) is 2.18. The topological polar surface area (TPSA) is 30.7 Å². The van der Waals surface area contributed by atoms with Crippen molar-refractivity contribution in [2.45, 2.75) is 6.18 Å². The molecule has 2 aromatic heterocycles. The van der Waals surface area contributed by atoms with Crippen molar-refractivity contribution in [3.63, 3.8) is 0 Å². The first-order chi connectivity index (χ1) is 7.07. The SMILES string of the molecule is FC(F)(F)c1ccc(-n2c[c]nc2)nc1. The number of pyridine rings is 1. The van der Waals surface area contributed by atoms with Crippen LogP contribution in [0.15, 0.2) is 30.9 Å². The molecule has 2 rings (SSSR count). The lowest BCUT2D eigenvalue weighted by Gasteiger charge is -2.06. The van der Waals surface area contributed by atoms with Gasteiger partial charge in [-0.25, -0.2) is 9.97 Å². The molecule has 0 spiro atoms. The maximum atomic E-state index is 12.2. The van der Waals surface area contributed by atoms with E-state index in [1.54, 1.807) is 0 Å². The number of nitrogens with zero attached hydrogens (tertiary/aromatic N) is 3. The minimum absolute atomic E-state index is 0.372. The summed E-state index contributed by atoms with van der Waals surface area (Å²) >= 11 is 0.